The molecule has 2 rings (SSSR count). The van der Waals surface area contributed by atoms with Crippen LogP contribution >= 0.6 is 0 Å². The van der Waals surface area contributed by atoms with Crippen molar-refractivity contribution in [1.29, 1.82) is 0 Å². The van der Waals surface area contributed by atoms with E-state index < -0.39 is 5.97 Å². The maximum Gasteiger partial charge on any atom is 0.356 e. The molecule has 1 aliphatic rings. The van der Waals surface area contributed by atoms with Gasteiger partial charge in [0.05, 0.1) is 12.4 Å². The molecule has 0 bridgehead atoms. The van der Waals surface area contributed by atoms with Gasteiger partial charge in [-0.1, -0.05) is 19.3 Å². The molecule has 1 aromatic rings. The third-order valence-electron chi connectivity index (χ3n) is 3.34. The minimum Gasteiger partial charge on any atom is -0.476 e. The summed E-state index contributed by atoms with van der Waals surface area (Å²) in [5, 5.41) is 8.75. The van der Waals surface area contributed by atoms with E-state index in [9.17, 15) is 4.79 Å². The van der Waals surface area contributed by atoms with Crippen LogP contribution in [0.25, 0.3) is 0 Å². The molecule has 1 saturated carbocycles. The lowest BCUT2D eigenvalue weighted by molar-refractivity contribution is 0.0690. The topological polar surface area (TPSA) is 66.3 Å². The van der Waals surface area contributed by atoms with Crippen LogP contribution in [0.4, 0.5) is 5.82 Å². The molecule has 0 amide bonds. The number of carbonyl (C=O) groups is 1. The van der Waals surface area contributed by atoms with E-state index in [1.165, 1.54) is 44.5 Å². The van der Waals surface area contributed by atoms with Gasteiger partial charge in [-0.2, -0.15) is 0 Å². The molecule has 0 saturated heterocycles. The SMILES string of the molecule is CN(c1cnc(C(=O)O)cn1)C1CCCCC1. The second-order valence-electron chi connectivity index (χ2n) is 4.47. The minimum atomic E-state index is -1.04. The highest BCUT2D eigenvalue weighted by atomic mass is 16.4. The van der Waals surface area contributed by atoms with Crippen molar-refractivity contribution < 1.29 is 9.90 Å². The second-order valence-corrected chi connectivity index (χ2v) is 4.47. The van der Waals surface area contributed by atoms with Crippen molar-refractivity contribution in [3.8, 4) is 0 Å². The van der Waals surface area contributed by atoms with E-state index >= 15 is 0 Å². The average Bonchev–Trinajstić information content (AvgIpc) is 2.39. The van der Waals surface area contributed by atoms with E-state index in [4.69, 9.17) is 5.11 Å². The first-order chi connectivity index (χ1) is 8.18. The van der Waals surface area contributed by atoms with E-state index in [0.29, 0.717) is 6.04 Å². The number of rotatable bonds is 3. The minimum absolute atomic E-state index is 0.00852. The smallest absolute Gasteiger partial charge is 0.356 e. The molecular weight excluding hydrogens is 218 g/mol. The fraction of sp³-hybridized carbons (Fsp3) is 0.583. The molecule has 1 N–H and O–H groups in total. The van der Waals surface area contributed by atoms with E-state index in [1.54, 1.807) is 0 Å². The monoisotopic (exact) mass is 235 g/mol. The van der Waals surface area contributed by atoms with Gasteiger partial charge in [-0.05, 0) is 12.8 Å². The first-order valence-corrected chi connectivity index (χ1v) is 5.96. The lowest BCUT2D eigenvalue weighted by atomic mass is 9.94. The van der Waals surface area contributed by atoms with Crippen LogP contribution in [0.1, 0.15) is 42.6 Å². The molecule has 0 unspecified atom stereocenters. The highest BCUT2D eigenvalue weighted by Crippen LogP contribution is 2.24. The zero-order valence-corrected chi connectivity index (χ0v) is 9.96. The van der Waals surface area contributed by atoms with Gasteiger partial charge in [0, 0.05) is 13.1 Å². The van der Waals surface area contributed by atoms with Gasteiger partial charge in [-0.3, -0.25) is 0 Å². The van der Waals surface area contributed by atoms with Crippen molar-refractivity contribution in [2.45, 2.75) is 38.1 Å². The van der Waals surface area contributed by atoms with Gasteiger partial charge < -0.3 is 10.0 Å². The fourth-order valence-electron chi connectivity index (χ4n) is 2.27. The Morgan fingerprint density at radius 2 is 2.00 bits per heavy atom. The molecule has 17 heavy (non-hydrogen) atoms. The first-order valence-electron chi connectivity index (χ1n) is 5.96. The van der Waals surface area contributed by atoms with Gasteiger partial charge in [0.1, 0.15) is 5.82 Å². The molecule has 0 radical (unpaired) electrons. The van der Waals surface area contributed by atoms with Gasteiger partial charge in [0.2, 0.25) is 0 Å². The van der Waals surface area contributed by atoms with E-state index in [2.05, 4.69) is 14.9 Å². The predicted molar refractivity (Wildman–Crippen MR) is 64.3 cm³/mol. The molecule has 1 aliphatic carbocycles. The summed E-state index contributed by atoms with van der Waals surface area (Å²) in [6, 6.07) is 0.508. The molecule has 1 fully saturated rings. The van der Waals surface area contributed by atoms with Crippen molar-refractivity contribution in [3.63, 3.8) is 0 Å². The first kappa shape index (κ1) is 11.8. The largest absolute Gasteiger partial charge is 0.476 e. The number of carboxylic acid groups (broad SMARTS) is 1. The Kier molecular flexibility index (Phi) is 3.56. The summed E-state index contributed by atoms with van der Waals surface area (Å²) in [6.07, 6.45) is 9.05. The number of nitrogens with zero attached hydrogens (tertiary/aromatic N) is 3. The summed E-state index contributed by atoms with van der Waals surface area (Å²) in [5.74, 6) is -0.286. The lowest BCUT2D eigenvalue weighted by Gasteiger charge is -2.31. The highest BCUT2D eigenvalue weighted by Gasteiger charge is 2.19. The maximum atomic E-state index is 10.7. The number of aromatic nitrogens is 2. The Balaban J connectivity index is 2.07. The number of hydrogen-bond acceptors (Lipinski definition) is 4. The molecule has 0 aromatic carbocycles. The van der Waals surface area contributed by atoms with Crippen LogP contribution in [0, 0.1) is 0 Å². The molecule has 5 heteroatoms. The molecule has 0 spiro atoms. The van der Waals surface area contributed by atoms with Gasteiger partial charge in [-0.25, -0.2) is 14.8 Å². The molecule has 92 valence electrons. The van der Waals surface area contributed by atoms with Crippen molar-refractivity contribution in [2.75, 3.05) is 11.9 Å². The summed E-state index contributed by atoms with van der Waals surface area (Å²) in [6.45, 7) is 0. The Labute approximate surface area is 100 Å². The molecular formula is C12H17N3O2. The quantitative estimate of drug-likeness (QED) is 0.867. The van der Waals surface area contributed by atoms with Crippen LogP contribution < -0.4 is 4.90 Å². The number of aromatic carboxylic acids is 1. The van der Waals surface area contributed by atoms with E-state index in [-0.39, 0.29) is 5.69 Å². The third kappa shape index (κ3) is 2.72. The van der Waals surface area contributed by atoms with Crippen LogP contribution in [0.2, 0.25) is 0 Å². The van der Waals surface area contributed by atoms with Crippen LogP contribution in [0.5, 0.6) is 0 Å². The van der Waals surface area contributed by atoms with Crippen molar-refractivity contribution in [1.82, 2.24) is 9.97 Å². The summed E-state index contributed by atoms with van der Waals surface area (Å²) >= 11 is 0. The number of hydrogen-bond donors (Lipinski definition) is 1. The summed E-state index contributed by atoms with van der Waals surface area (Å²) < 4.78 is 0. The molecule has 1 aromatic heterocycles. The van der Waals surface area contributed by atoms with Crippen molar-refractivity contribution in [3.05, 3.63) is 18.1 Å². The third-order valence-corrected chi connectivity index (χ3v) is 3.34. The Bertz CT molecular complexity index is 385. The molecule has 1 heterocycles. The summed E-state index contributed by atoms with van der Waals surface area (Å²) in [5.41, 5.74) is -0.00852. The number of carboxylic acids is 1. The van der Waals surface area contributed by atoms with Crippen LogP contribution in [0.15, 0.2) is 12.4 Å². The van der Waals surface area contributed by atoms with Gasteiger partial charge in [0.15, 0.2) is 5.69 Å². The predicted octanol–water partition coefficient (Wildman–Crippen LogP) is 1.94. The standard InChI is InChI=1S/C12H17N3O2/c1-15(9-5-3-2-4-6-9)11-8-13-10(7-14-11)12(16)17/h7-9H,2-6H2,1H3,(H,16,17). The van der Waals surface area contributed by atoms with Crippen molar-refractivity contribution >= 4 is 11.8 Å². The van der Waals surface area contributed by atoms with Gasteiger partial charge in [-0.15, -0.1) is 0 Å². The Morgan fingerprint density at radius 1 is 1.29 bits per heavy atom. The summed E-state index contributed by atoms with van der Waals surface area (Å²) in [4.78, 5) is 20.8. The van der Waals surface area contributed by atoms with E-state index in [1.807, 2.05) is 7.05 Å². The van der Waals surface area contributed by atoms with Crippen LogP contribution in [0.3, 0.4) is 0 Å². The van der Waals surface area contributed by atoms with Crippen molar-refractivity contribution in [2.24, 2.45) is 0 Å². The summed E-state index contributed by atoms with van der Waals surface area (Å²) in [7, 11) is 2.00. The Morgan fingerprint density at radius 3 is 2.53 bits per heavy atom. The normalized spacial score (nSPS) is 16.8. The number of anilines is 1. The molecule has 0 aliphatic heterocycles. The van der Waals surface area contributed by atoms with Gasteiger partial charge in [0.25, 0.3) is 0 Å². The van der Waals surface area contributed by atoms with Crippen LogP contribution in [-0.2, 0) is 0 Å². The average molecular weight is 235 g/mol. The fourth-order valence-corrected chi connectivity index (χ4v) is 2.27. The molecule has 5 nitrogen and oxygen atoms in total. The lowest BCUT2D eigenvalue weighted by Crippen LogP contribution is -2.34. The second kappa shape index (κ2) is 5.12. The van der Waals surface area contributed by atoms with E-state index in [0.717, 1.165) is 5.82 Å². The zero-order chi connectivity index (χ0) is 12.3. The maximum absolute atomic E-state index is 10.7. The van der Waals surface area contributed by atoms with Crippen LogP contribution in [-0.4, -0.2) is 34.1 Å². The van der Waals surface area contributed by atoms with Gasteiger partial charge >= 0.3 is 5.97 Å². The molecule has 0 atom stereocenters. The zero-order valence-electron chi connectivity index (χ0n) is 9.96. The highest BCUT2D eigenvalue weighted by molar-refractivity contribution is 5.84. The Hall–Kier alpha value is -1.65.